The molecule has 1 heterocycles. The van der Waals surface area contributed by atoms with Crippen molar-refractivity contribution in [1.29, 1.82) is 0 Å². The van der Waals surface area contributed by atoms with E-state index >= 15 is 0 Å². The van der Waals surface area contributed by atoms with Crippen molar-refractivity contribution in [2.45, 2.75) is 32.2 Å². The molecule has 32 heavy (non-hydrogen) atoms. The summed E-state index contributed by atoms with van der Waals surface area (Å²) in [6.45, 7) is 0.292. The van der Waals surface area contributed by atoms with Crippen LogP contribution in [0.25, 0.3) is 0 Å². The quantitative estimate of drug-likeness (QED) is 0.561. The van der Waals surface area contributed by atoms with Gasteiger partial charge in [-0.1, -0.05) is 12.1 Å². The molecule has 0 saturated heterocycles. The number of aromatic nitrogens is 1. The fourth-order valence-corrected chi connectivity index (χ4v) is 4.70. The Morgan fingerprint density at radius 2 is 1.75 bits per heavy atom. The molecule has 1 aliphatic carbocycles. The molecule has 0 aliphatic heterocycles. The van der Waals surface area contributed by atoms with Gasteiger partial charge in [0, 0.05) is 22.5 Å². The van der Waals surface area contributed by atoms with Gasteiger partial charge in [-0.25, -0.2) is 4.98 Å². The summed E-state index contributed by atoms with van der Waals surface area (Å²) in [6.07, 6.45) is 4.36. The van der Waals surface area contributed by atoms with Crippen molar-refractivity contribution in [1.82, 2.24) is 10.3 Å². The number of methoxy groups -OCH3 is 2. The van der Waals surface area contributed by atoms with Crippen molar-refractivity contribution in [3.05, 3.63) is 69.7 Å². The highest BCUT2D eigenvalue weighted by Gasteiger charge is 2.17. The number of hydrogen-bond donors (Lipinski definition) is 2. The molecule has 0 spiro atoms. The van der Waals surface area contributed by atoms with Crippen molar-refractivity contribution in [3.63, 3.8) is 0 Å². The minimum absolute atomic E-state index is 0.204. The van der Waals surface area contributed by atoms with Crippen LogP contribution in [-0.2, 0) is 19.4 Å². The Balaban J connectivity index is 1.39. The molecular formula is C24H25N3O4S. The van der Waals surface area contributed by atoms with Crippen LogP contribution in [0.2, 0.25) is 0 Å². The van der Waals surface area contributed by atoms with Crippen LogP contribution in [0.4, 0.5) is 5.13 Å². The van der Waals surface area contributed by atoms with Gasteiger partial charge in [-0.2, -0.15) is 0 Å². The molecule has 2 N–H and O–H groups in total. The molecular weight excluding hydrogens is 426 g/mol. The molecule has 7 nitrogen and oxygen atoms in total. The molecule has 166 valence electrons. The summed E-state index contributed by atoms with van der Waals surface area (Å²) in [7, 11) is 3.07. The summed E-state index contributed by atoms with van der Waals surface area (Å²) in [5.74, 6) is 0.602. The molecule has 4 rings (SSSR count). The third kappa shape index (κ3) is 4.91. The zero-order valence-corrected chi connectivity index (χ0v) is 18.9. The number of aryl methyl sites for hydroxylation is 2. The lowest BCUT2D eigenvalue weighted by atomic mass is 10.0. The van der Waals surface area contributed by atoms with Crippen LogP contribution >= 0.6 is 11.3 Å². The van der Waals surface area contributed by atoms with E-state index in [-0.39, 0.29) is 11.8 Å². The summed E-state index contributed by atoms with van der Waals surface area (Å²) in [4.78, 5) is 31.1. The van der Waals surface area contributed by atoms with Crippen molar-refractivity contribution in [2.75, 3.05) is 19.5 Å². The second-order valence-corrected chi connectivity index (χ2v) is 8.59. The van der Waals surface area contributed by atoms with Gasteiger partial charge in [0.2, 0.25) is 0 Å². The first-order valence-corrected chi connectivity index (χ1v) is 11.3. The van der Waals surface area contributed by atoms with Crippen molar-refractivity contribution < 1.29 is 19.1 Å². The van der Waals surface area contributed by atoms with Crippen molar-refractivity contribution in [2.24, 2.45) is 0 Å². The highest BCUT2D eigenvalue weighted by atomic mass is 32.1. The molecule has 3 aromatic rings. The number of fused-ring (bicyclic) bond motifs is 1. The van der Waals surface area contributed by atoms with Gasteiger partial charge in [0.25, 0.3) is 11.8 Å². The van der Waals surface area contributed by atoms with Crippen LogP contribution in [0, 0.1) is 0 Å². The standard InChI is InChI=1S/C24H25N3O4S/c1-30-19-11-10-17(13-20(19)31-2)22(28)25-14-15-6-5-7-16(12-15)23(29)27-24-26-18-8-3-4-9-21(18)32-24/h5-7,10-13H,3-4,8-9,14H2,1-2H3,(H,25,28)(H,26,27,29). The number of carbonyl (C=O) groups is 2. The first-order valence-electron chi connectivity index (χ1n) is 10.5. The van der Waals surface area contributed by atoms with Gasteiger partial charge in [0.15, 0.2) is 16.6 Å². The summed E-state index contributed by atoms with van der Waals surface area (Å²) < 4.78 is 10.5. The molecule has 1 aromatic heterocycles. The van der Waals surface area contributed by atoms with Crippen LogP contribution in [0.3, 0.4) is 0 Å². The van der Waals surface area contributed by atoms with Crippen LogP contribution in [0.15, 0.2) is 42.5 Å². The Morgan fingerprint density at radius 1 is 0.969 bits per heavy atom. The highest BCUT2D eigenvalue weighted by molar-refractivity contribution is 7.15. The monoisotopic (exact) mass is 451 g/mol. The zero-order valence-electron chi connectivity index (χ0n) is 18.1. The van der Waals surface area contributed by atoms with Crippen LogP contribution in [-0.4, -0.2) is 31.0 Å². The lowest BCUT2D eigenvalue weighted by molar-refractivity contribution is 0.0950. The summed E-state index contributed by atoms with van der Waals surface area (Å²) in [5, 5.41) is 6.44. The molecule has 2 amide bonds. The Morgan fingerprint density at radius 3 is 2.53 bits per heavy atom. The summed E-state index contributed by atoms with van der Waals surface area (Å²) in [5.41, 5.74) is 2.92. The number of rotatable bonds is 7. The molecule has 0 fully saturated rings. The number of amides is 2. The fourth-order valence-electron chi connectivity index (χ4n) is 3.66. The van der Waals surface area contributed by atoms with Crippen LogP contribution in [0.5, 0.6) is 11.5 Å². The third-order valence-corrected chi connectivity index (χ3v) is 6.43. The minimum atomic E-state index is -0.242. The molecule has 0 radical (unpaired) electrons. The molecule has 0 bridgehead atoms. The molecule has 1 aliphatic rings. The average molecular weight is 452 g/mol. The van der Waals surface area contributed by atoms with E-state index in [1.54, 1.807) is 54.8 Å². The van der Waals surface area contributed by atoms with Gasteiger partial charge in [-0.05, 0) is 61.6 Å². The van der Waals surface area contributed by atoms with E-state index in [1.807, 2.05) is 6.07 Å². The largest absolute Gasteiger partial charge is 0.493 e. The Bertz CT molecular complexity index is 1120. The molecule has 8 heteroatoms. The highest BCUT2D eigenvalue weighted by Crippen LogP contribution is 2.30. The van der Waals surface area contributed by atoms with E-state index in [4.69, 9.17) is 9.47 Å². The number of nitrogens with zero attached hydrogens (tertiary/aromatic N) is 1. The van der Waals surface area contributed by atoms with Gasteiger partial charge >= 0.3 is 0 Å². The number of benzene rings is 2. The normalized spacial score (nSPS) is 12.6. The predicted molar refractivity (Wildman–Crippen MR) is 124 cm³/mol. The van der Waals surface area contributed by atoms with E-state index in [0.29, 0.717) is 34.3 Å². The number of anilines is 1. The maximum atomic E-state index is 12.7. The van der Waals surface area contributed by atoms with E-state index in [9.17, 15) is 9.59 Å². The maximum absolute atomic E-state index is 12.7. The van der Waals surface area contributed by atoms with Gasteiger partial charge < -0.3 is 14.8 Å². The molecule has 0 unspecified atom stereocenters. The zero-order chi connectivity index (χ0) is 22.5. The molecule has 2 aromatic carbocycles. The number of thiazole rings is 1. The molecule has 0 atom stereocenters. The Kier molecular flexibility index (Phi) is 6.70. The van der Waals surface area contributed by atoms with E-state index in [0.717, 1.165) is 30.5 Å². The van der Waals surface area contributed by atoms with Gasteiger partial charge in [-0.3, -0.25) is 14.9 Å². The van der Waals surface area contributed by atoms with Crippen LogP contribution < -0.4 is 20.1 Å². The second kappa shape index (κ2) is 9.82. The van der Waals surface area contributed by atoms with E-state index < -0.39 is 0 Å². The second-order valence-electron chi connectivity index (χ2n) is 7.50. The average Bonchev–Trinajstić information content (AvgIpc) is 3.24. The first kappa shape index (κ1) is 21.8. The Hall–Kier alpha value is -3.39. The van der Waals surface area contributed by atoms with Crippen molar-refractivity contribution >= 4 is 28.3 Å². The number of nitrogens with one attached hydrogen (secondary N) is 2. The number of hydrogen-bond acceptors (Lipinski definition) is 6. The van der Waals surface area contributed by atoms with Crippen LogP contribution in [0.1, 0.15) is 49.7 Å². The third-order valence-electron chi connectivity index (χ3n) is 5.35. The predicted octanol–water partition coefficient (Wildman–Crippen LogP) is 4.22. The lowest BCUT2D eigenvalue weighted by Gasteiger charge is -2.10. The summed E-state index contributed by atoms with van der Waals surface area (Å²) >= 11 is 1.56. The fraction of sp³-hybridized carbons (Fsp3) is 0.292. The number of ether oxygens (including phenoxy) is 2. The topological polar surface area (TPSA) is 89.5 Å². The minimum Gasteiger partial charge on any atom is -0.493 e. The number of carbonyl (C=O) groups excluding carboxylic acids is 2. The van der Waals surface area contributed by atoms with E-state index in [2.05, 4.69) is 15.6 Å². The Labute approximate surface area is 190 Å². The molecule has 0 saturated carbocycles. The van der Waals surface area contributed by atoms with Gasteiger partial charge in [0.1, 0.15) is 0 Å². The SMILES string of the molecule is COc1ccc(C(=O)NCc2cccc(C(=O)Nc3nc4c(s3)CCCC4)c2)cc1OC. The van der Waals surface area contributed by atoms with E-state index in [1.165, 1.54) is 18.4 Å². The summed E-state index contributed by atoms with van der Waals surface area (Å²) in [6, 6.07) is 12.2. The van der Waals surface area contributed by atoms with Crippen molar-refractivity contribution in [3.8, 4) is 11.5 Å². The maximum Gasteiger partial charge on any atom is 0.257 e. The van der Waals surface area contributed by atoms with Gasteiger partial charge in [0.05, 0.1) is 19.9 Å². The first-order chi connectivity index (χ1) is 15.6. The van der Waals surface area contributed by atoms with Gasteiger partial charge in [-0.15, -0.1) is 11.3 Å². The lowest BCUT2D eigenvalue weighted by Crippen LogP contribution is -2.23. The smallest absolute Gasteiger partial charge is 0.257 e.